The molecule has 3 rings (SSSR count). The van der Waals surface area contributed by atoms with Gasteiger partial charge in [0.1, 0.15) is 0 Å². The molecular weight excluding hydrogens is 262 g/mol. The Balaban J connectivity index is 1.66. The number of H-pyrrole nitrogens is 1. The van der Waals surface area contributed by atoms with E-state index in [9.17, 15) is 4.79 Å². The first-order valence-electron chi connectivity index (χ1n) is 6.90. The molecule has 4 heteroatoms. The zero-order valence-electron chi connectivity index (χ0n) is 11.5. The molecule has 0 fully saturated rings. The summed E-state index contributed by atoms with van der Waals surface area (Å²) in [6.07, 6.45) is 2.14. The Kier molecular flexibility index (Phi) is 3.71. The summed E-state index contributed by atoms with van der Waals surface area (Å²) in [6.45, 7) is 0. The van der Waals surface area contributed by atoms with Crippen LogP contribution in [0.3, 0.4) is 0 Å². The van der Waals surface area contributed by atoms with Crippen molar-refractivity contribution in [2.45, 2.75) is 12.5 Å². The van der Waals surface area contributed by atoms with Crippen LogP contribution in [0.25, 0.3) is 10.9 Å². The summed E-state index contributed by atoms with van der Waals surface area (Å²) in [6, 6.07) is 17.1. The molecule has 1 heterocycles. The molecule has 2 aromatic carbocycles. The van der Waals surface area contributed by atoms with Gasteiger partial charge < -0.3 is 16.0 Å². The molecule has 21 heavy (non-hydrogen) atoms. The number of hydrogen-bond acceptors (Lipinski definition) is 2. The maximum atomic E-state index is 12.1. The van der Waals surface area contributed by atoms with Crippen molar-refractivity contribution in [3.05, 3.63) is 66.4 Å². The number of amides is 1. The van der Waals surface area contributed by atoms with Crippen molar-refractivity contribution in [2.75, 3.05) is 5.32 Å². The molecule has 1 aromatic heterocycles. The maximum absolute atomic E-state index is 12.1. The molecule has 1 unspecified atom stereocenters. The molecule has 4 nitrogen and oxygen atoms in total. The van der Waals surface area contributed by atoms with E-state index in [-0.39, 0.29) is 18.4 Å². The lowest BCUT2D eigenvalue weighted by molar-refractivity contribution is -0.116. The average Bonchev–Trinajstić information content (AvgIpc) is 2.95. The molecule has 0 saturated heterocycles. The van der Waals surface area contributed by atoms with Gasteiger partial charge in [0.25, 0.3) is 0 Å². The summed E-state index contributed by atoms with van der Waals surface area (Å²) in [5.74, 6) is -0.0822. The van der Waals surface area contributed by atoms with E-state index >= 15 is 0 Å². The minimum Gasteiger partial charge on any atom is -0.361 e. The Morgan fingerprint density at radius 2 is 1.95 bits per heavy atom. The number of aromatic nitrogens is 1. The average molecular weight is 279 g/mol. The molecule has 4 N–H and O–H groups in total. The van der Waals surface area contributed by atoms with Gasteiger partial charge in [-0.2, -0.15) is 0 Å². The number of carbonyl (C=O) groups excluding carboxylic acids is 1. The smallest absolute Gasteiger partial charge is 0.226 e. The first-order valence-corrected chi connectivity index (χ1v) is 6.90. The summed E-state index contributed by atoms with van der Waals surface area (Å²) in [5.41, 5.74) is 8.86. The predicted molar refractivity (Wildman–Crippen MR) is 84.9 cm³/mol. The fourth-order valence-electron chi connectivity index (χ4n) is 2.36. The minimum atomic E-state index is -0.290. The van der Waals surface area contributed by atoms with Crippen LogP contribution in [0.1, 0.15) is 18.0 Å². The second-order valence-corrected chi connectivity index (χ2v) is 5.05. The lowest BCUT2D eigenvalue weighted by Gasteiger charge is -2.12. The van der Waals surface area contributed by atoms with Gasteiger partial charge in [-0.25, -0.2) is 0 Å². The van der Waals surface area contributed by atoms with Crippen molar-refractivity contribution in [3.8, 4) is 0 Å². The fraction of sp³-hybridized carbons (Fsp3) is 0.118. The van der Waals surface area contributed by atoms with E-state index < -0.39 is 0 Å². The van der Waals surface area contributed by atoms with E-state index in [1.165, 1.54) is 0 Å². The van der Waals surface area contributed by atoms with Crippen LogP contribution in [0.15, 0.2) is 60.8 Å². The van der Waals surface area contributed by atoms with Crippen LogP contribution in [-0.2, 0) is 4.79 Å². The first kappa shape index (κ1) is 13.4. The quantitative estimate of drug-likeness (QED) is 0.686. The van der Waals surface area contributed by atoms with Crippen molar-refractivity contribution < 1.29 is 4.79 Å². The Labute approximate surface area is 123 Å². The summed E-state index contributed by atoms with van der Waals surface area (Å²) < 4.78 is 0. The molecule has 3 aromatic rings. The van der Waals surface area contributed by atoms with Crippen LogP contribution in [0.4, 0.5) is 5.69 Å². The van der Waals surface area contributed by atoms with Gasteiger partial charge in [-0.1, -0.05) is 30.3 Å². The van der Waals surface area contributed by atoms with Gasteiger partial charge >= 0.3 is 0 Å². The molecule has 1 amide bonds. The van der Waals surface area contributed by atoms with E-state index in [0.717, 1.165) is 22.2 Å². The summed E-state index contributed by atoms with van der Waals surface area (Å²) in [5, 5.41) is 3.96. The highest BCUT2D eigenvalue weighted by atomic mass is 16.1. The summed E-state index contributed by atoms with van der Waals surface area (Å²) in [4.78, 5) is 15.2. The molecule has 0 saturated carbocycles. The second kappa shape index (κ2) is 5.81. The highest BCUT2D eigenvalue weighted by Gasteiger charge is 2.11. The number of nitrogens with one attached hydrogen (secondary N) is 2. The standard InChI is InChI=1S/C17H17N3O/c18-15(12-4-2-1-3-5-12)11-17(21)20-14-6-7-16-13(10-14)8-9-19-16/h1-10,15,19H,11,18H2,(H,20,21). The zero-order valence-corrected chi connectivity index (χ0v) is 11.5. The van der Waals surface area contributed by atoms with Crippen molar-refractivity contribution in [1.29, 1.82) is 0 Å². The molecule has 0 aliphatic carbocycles. The van der Waals surface area contributed by atoms with Crippen LogP contribution >= 0.6 is 0 Å². The topological polar surface area (TPSA) is 70.9 Å². The second-order valence-electron chi connectivity index (χ2n) is 5.05. The normalized spacial score (nSPS) is 12.2. The van der Waals surface area contributed by atoms with Crippen molar-refractivity contribution in [2.24, 2.45) is 5.73 Å². The van der Waals surface area contributed by atoms with E-state index in [1.54, 1.807) is 0 Å². The number of anilines is 1. The summed E-state index contributed by atoms with van der Waals surface area (Å²) in [7, 11) is 0. The van der Waals surface area contributed by atoms with Crippen molar-refractivity contribution in [1.82, 2.24) is 4.98 Å². The Bertz CT molecular complexity index is 749. The third-order valence-corrected chi connectivity index (χ3v) is 3.47. The SMILES string of the molecule is NC(CC(=O)Nc1ccc2[nH]ccc2c1)c1ccccc1. The van der Waals surface area contributed by atoms with Crippen LogP contribution in [0.2, 0.25) is 0 Å². The monoisotopic (exact) mass is 279 g/mol. The Hall–Kier alpha value is -2.59. The third-order valence-electron chi connectivity index (χ3n) is 3.47. The van der Waals surface area contributed by atoms with Crippen LogP contribution in [0, 0.1) is 0 Å². The van der Waals surface area contributed by atoms with Crippen LogP contribution in [-0.4, -0.2) is 10.9 Å². The number of hydrogen-bond donors (Lipinski definition) is 3. The molecule has 0 aliphatic heterocycles. The first-order chi connectivity index (χ1) is 10.2. The molecule has 1 atom stereocenters. The van der Waals surface area contributed by atoms with E-state index in [0.29, 0.717) is 0 Å². The number of carbonyl (C=O) groups is 1. The highest BCUT2D eigenvalue weighted by molar-refractivity contribution is 5.94. The molecule has 0 aliphatic rings. The molecule has 106 valence electrons. The van der Waals surface area contributed by atoms with Gasteiger partial charge in [-0.05, 0) is 29.8 Å². The maximum Gasteiger partial charge on any atom is 0.226 e. The fourth-order valence-corrected chi connectivity index (χ4v) is 2.36. The largest absolute Gasteiger partial charge is 0.361 e. The van der Waals surface area contributed by atoms with Crippen molar-refractivity contribution >= 4 is 22.5 Å². The van der Waals surface area contributed by atoms with Gasteiger partial charge in [0, 0.05) is 35.2 Å². The van der Waals surface area contributed by atoms with Crippen molar-refractivity contribution in [3.63, 3.8) is 0 Å². The predicted octanol–water partition coefficient (Wildman–Crippen LogP) is 3.20. The molecule has 0 spiro atoms. The number of nitrogens with two attached hydrogens (primary N) is 1. The number of benzene rings is 2. The van der Waals surface area contributed by atoms with Gasteiger partial charge in [0.15, 0.2) is 0 Å². The highest BCUT2D eigenvalue weighted by Crippen LogP contribution is 2.19. The van der Waals surface area contributed by atoms with E-state index in [4.69, 9.17) is 5.73 Å². The van der Waals surface area contributed by atoms with Gasteiger partial charge in [0.2, 0.25) is 5.91 Å². The molecule has 0 bridgehead atoms. The van der Waals surface area contributed by atoms with Gasteiger partial charge in [-0.3, -0.25) is 4.79 Å². The van der Waals surface area contributed by atoms with Crippen LogP contribution < -0.4 is 11.1 Å². The molecule has 0 radical (unpaired) electrons. The third kappa shape index (κ3) is 3.12. The zero-order chi connectivity index (χ0) is 14.7. The van der Waals surface area contributed by atoms with Gasteiger partial charge in [-0.15, -0.1) is 0 Å². The van der Waals surface area contributed by atoms with Crippen LogP contribution in [0.5, 0.6) is 0 Å². The van der Waals surface area contributed by atoms with E-state index in [1.807, 2.05) is 60.8 Å². The number of aromatic amines is 1. The minimum absolute atomic E-state index is 0.0822. The van der Waals surface area contributed by atoms with Gasteiger partial charge in [0.05, 0.1) is 0 Å². The Morgan fingerprint density at radius 1 is 1.14 bits per heavy atom. The lowest BCUT2D eigenvalue weighted by atomic mass is 10.0. The number of rotatable bonds is 4. The Morgan fingerprint density at radius 3 is 2.76 bits per heavy atom. The lowest BCUT2D eigenvalue weighted by Crippen LogP contribution is -2.20. The number of fused-ring (bicyclic) bond motifs is 1. The summed E-state index contributed by atoms with van der Waals surface area (Å²) >= 11 is 0. The molecular formula is C17H17N3O. The van der Waals surface area contributed by atoms with E-state index in [2.05, 4.69) is 10.3 Å².